The maximum absolute atomic E-state index is 12.7. The van der Waals surface area contributed by atoms with Crippen LogP contribution in [0.2, 0.25) is 0 Å². The molecule has 0 aromatic rings. The number of nitrogens with two attached hydrogens (primary N) is 1. The molecule has 2 aliphatic rings. The molecule has 0 bridgehead atoms. The van der Waals surface area contributed by atoms with Crippen LogP contribution in [0.1, 0.15) is 58.8 Å². The second-order valence-electron chi connectivity index (χ2n) is 7.03. The lowest BCUT2D eigenvalue weighted by Gasteiger charge is -2.40. The summed E-state index contributed by atoms with van der Waals surface area (Å²) in [7, 11) is 0. The first-order valence-electron chi connectivity index (χ1n) is 8.64. The third-order valence-electron chi connectivity index (χ3n) is 5.52. The molecule has 0 radical (unpaired) electrons. The van der Waals surface area contributed by atoms with Crippen molar-refractivity contribution < 1.29 is 4.79 Å². The minimum atomic E-state index is 0.291. The van der Waals surface area contributed by atoms with Gasteiger partial charge in [0.1, 0.15) is 0 Å². The molecular weight excluding hydrogens is 248 g/mol. The number of rotatable bonds is 5. The van der Waals surface area contributed by atoms with Crippen LogP contribution < -0.4 is 5.73 Å². The average Bonchev–Trinajstić information content (AvgIpc) is 2.51. The number of nitrogens with zero attached hydrogens (tertiary/aromatic N) is 1. The Kier molecular flexibility index (Phi) is 5.88. The van der Waals surface area contributed by atoms with Crippen LogP contribution in [0, 0.1) is 23.7 Å². The fourth-order valence-electron chi connectivity index (χ4n) is 4.18. The lowest BCUT2D eigenvalue weighted by molar-refractivity contribution is -0.138. The Hall–Kier alpha value is -0.570. The van der Waals surface area contributed by atoms with Gasteiger partial charge in [-0.15, -0.1) is 0 Å². The van der Waals surface area contributed by atoms with E-state index in [1.165, 1.54) is 32.1 Å². The Morgan fingerprint density at radius 3 is 2.55 bits per heavy atom. The first-order valence-corrected chi connectivity index (χ1v) is 8.64. The van der Waals surface area contributed by atoms with Gasteiger partial charge < -0.3 is 10.6 Å². The summed E-state index contributed by atoms with van der Waals surface area (Å²) in [6.07, 6.45) is 9.11. The van der Waals surface area contributed by atoms with Crippen LogP contribution in [0.15, 0.2) is 0 Å². The second-order valence-corrected chi connectivity index (χ2v) is 7.03. The van der Waals surface area contributed by atoms with E-state index in [0.29, 0.717) is 24.3 Å². The zero-order chi connectivity index (χ0) is 14.5. The average molecular weight is 280 g/mol. The summed E-state index contributed by atoms with van der Waals surface area (Å²) in [4.78, 5) is 14.8. The molecule has 4 unspecified atom stereocenters. The predicted octanol–water partition coefficient (Wildman–Crippen LogP) is 3.04. The SMILES string of the molecule is CCN(CC(C)CN)C(=O)C1CCC2CCCCC2C1. The quantitative estimate of drug-likeness (QED) is 0.841. The molecule has 0 aliphatic heterocycles. The van der Waals surface area contributed by atoms with Crippen LogP contribution >= 0.6 is 0 Å². The van der Waals surface area contributed by atoms with Crippen LogP contribution in [-0.4, -0.2) is 30.4 Å². The van der Waals surface area contributed by atoms with Gasteiger partial charge in [-0.3, -0.25) is 4.79 Å². The molecule has 2 aliphatic carbocycles. The van der Waals surface area contributed by atoms with Gasteiger partial charge in [-0.1, -0.05) is 32.6 Å². The van der Waals surface area contributed by atoms with E-state index >= 15 is 0 Å². The third-order valence-corrected chi connectivity index (χ3v) is 5.52. The summed E-state index contributed by atoms with van der Waals surface area (Å²) in [6.45, 7) is 6.55. The number of hydrogen-bond acceptors (Lipinski definition) is 2. The van der Waals surface area contributed by atoms with Gasteiger partial charge in [0.25, 0.3) is 0 Å². The Morgan fingerprint density at radius 1 is 1.20 bits per heavy atom. The van der Waals surface area contributed by atoms with Gasteiger partial charge >= 0.3 is 0 Å². The highest BCUT2D eigenvalue weighted by molar-refractivity contribution is 5.79. The first kappa shape index (κ1) is 15.8. The number of fused-ring (bicyclic) bond motifs is 1. The van der Waals surface area contributed by atoms with Gasteiger partial charge in [0, 0.05) is 19.0 Å². The molecule has 116 valence electrons. The lowest BCUT2D eigenvalue weighted by Crippen LogP contribution is -2.42. The van der Waals surface area contributed by atoms with E-state index < -0.39 is 0 Å². The van der Waals surface area contributed by atoms with Crippen molar-refractivity contribution in [2.45, 2.75) is 58.8 Å². The molecule has 1 amide bonds. The van der Waals surface area contributed by atoms with Crippen LogP contribution in [0.25, 0.3) is 0 Å². The van der Waals surface area contributed by atoms with E-state index in [4.69, 9.17) is 5.73 Å². The van der Waals surface area contributed by atoms with E-state index in [1.807, 2.05) is 4.90 Å². The molecule has 2 N–H and O–H groups in total. The van der Waals surface area contributed by atoms with Gasteiger partial charge in [0.05, 0.1) is 0 Å². The monoisotopic (exact) mass is 280 g/mol. The van der Waals surface area contributed by atoms with Crippen molar-refractivity contribution in [2.24, 2.45) is 29.4 Å². The van der Waals surface area contributed by atoms with Crippen LogP contribution in [-0.2, 0) is 4.79 Å². The molecule has 0 heterocycles. The standard InChI is InChI=1S/C17H32N2O/c1-3-19(12-13(2)11-18)17(20)16-9-8-14-6-4-5-7-15(14)10-16/h13-16H,3-12,18H2,1-2H3. The number of carbonyl (C=O) groups is 1. The fourth-order valence-corrected chi connectivity index (χ4v) is 4.18. The number of carbonyl (C=O) groups excluding carboxylic acids is 1. The van der Waals surface area contributed by atoms with E-state index in [0.717, 1.165) is 37.8 Å². The van der Waals surface area contributed by atoms with Gasteiger partial charge in [-0.05, 0) is 50.5 Å². The molecule has 0 spiro atoms. The first-order chi connectivity index (χ1) is 9.65. The Morgan fingerprint density at radius 2 is 1.90 bits per heavy atom. The van der Waals surface area contributed by atoms with E-state index in [1.54, 1.807) is 0 Å². The summed E-state index contributed by atoms with van der Waals surface area (Å²) in [5, 5.41) is 0. The molecule has 3 nitrogen and oxygen atoms in total. The van der Waals surface area contributed by atoms with Crippen molar-refractivity contribution in [1.82, 2.24) is 4.90 Å². The molecular formula is C17H32N2O. The lowest BCUT2D eigenvalue weighted by atomic mass is 9.67. The smallest absolute Gasteiger partial charge is 0.225 e. The van der Waals surface area contributed by atoms with Crippen LogP contribution in [0.4, 0.5) is 0 Å². The molecule has 2 rings (SSSR count). The molecule has 0 aromatic carbocycles. The maximum atomic E-state index is 12.7. The normalized spacial score (nSPS) is 31.4. The Labute approximate surface area is 124 Å². The van der Waals surface area contributed by atoms with Gasteiger partial charge in [0.15, 0.2) is 0 Å². The van der Waals surface area contributed by atoms with E-state index in [-0.39, 0.29) is 0 Å². The highest BCUT2D eigenvalue weighted by Crippen LogP contribution is 2.43. The molecule has 0 saturated heterocycles. The fraction of sp³-hybridized carbons (Fsp3) is 0.941. The molecule has 2 saturated carbocycles. The van der Waals surface area contributed by atoms with Crippen molar-refractivity contribution in [2.75, 3.05) is 19.6 Å². The van der Waals surface area contributed by atoms with Gasteiger partial charge in [0.2, 0.25) is 5.91 Å². The van der Waals surface area contributed by atoms with E-state index in [2.05, 4.69) is 13.8 Å². The summed E-state index contributed by atoms with van der Waals surface area (Å²) in [5.74, 6) is 2.85. The predicted molar refractivity (Wildman–Crippen MR) is 83.3 cm³/mol. The van der Waals surface area contributed by atoms with Crippen LogP contribution in [0.3, 0.4) is 0 Å². The summed E-state index contributed by atoms with van der Waals surface area (Å²) >= 11 is 0. The van der Waals surface area contributed by atoms with Crippen molar-refractivity contribution in [1.29, 1.82) is 0 Å². The summed E-state index contributed by atoms with van der Waals surface area (Å²) in [5.41, 5.74) is 5.70. The molecule has 20 heavy (non-hydrogen) atoms. The largest absolute Gasteiger partial charge is 0.342 e. The van der Waals surface area contributed by atoms with Crippen molar-refractivity contribution >= 4 is 5.91 Å². The molecule has 2 fully saturated rings. The zero-order valence-corrected chi connectivity index (χ0v) is 13.3. The number of amides is 1. The Balaban J connectivity index is 1.90. The topological polar surface area (TPSA) is 46.3 Å². The van der Waals surface area contributed by atoms with E-state index in [9.17, 15) is 4.79 Å². The van der Waals surface area contributed by atoms with Crippen molar-refractivity contribution in [3.63, 3.8) is 0 Å². The minimum absolute atomic E-state index is 0.291. The van der Waals surface area contributed by atoms with Crippen LogP contribution in [0.5, 0.6) is 0 Å². The van der Waals surface area contributed by atoms with Crippen molar-refractivity contribution in [3.05, 3.63) is 0 Å². The zero-order valence-electron chi connectivity index (χ0n) is 13.3. The second kappa shape index (κ2) is 7.44. The molecule has 0 aromatic heterocycles. The molecule has 3 heteroatoms. The summed E-state index contributed by atoms with van der Waals surface area (Å²) < 4.78 is 0. The highest BCUT2D eigenvalue weighted by atomic mass is 16.2. The highest BCUT2D eigenvalue weighted by Gasteiger charge is 2.36. The summed E-state index contributed by atoms with van der Waals surface area (Å²) in [6, 6.07) is 0. The Bertz CT molecular complexity index is 318. The van der Waals surface area contributed by atoms with Gasteiger partial charge in [-0.2, -0.15) is 0 Å². The van der Waals surface area contributed by atoms with Gasteiger partial charge in [-0.25, -0.2) is 0 Å². The maximum Gasteiger partial charge on any atom is 0.225 e. The number of hydrogen-bond donors (Lipinski definition) is 1. The molecule has 4 atom stereocenters. The van der Waals surface area contributed by atoms with Crippen molar-refractivity contribution in [3.8, 4) is 0 Å². The minimum Gasteiger partial charge on any atom is -0.342 e. The third kappa shape index (κ3) is 3.75.